The number of benzene rings is 1. The number of carbonyl (C=O) groups excluding carboxylic acids is 2. The molecule has 1 aromatic heterocycles. The molecule has 172 valence electrons. The summed E-state index contributed by atoms with van der Waals surface area (Å²) >= 11 is 6.04. The lowest BCUT2D eigenvalue weighted by atomic mass is 9.93. The number of nitrogens with zero attached hydrogens (tertiary/aromatic N) is 3. The van der Waals surface area contributed by atoms with Gasteiger partial charge in [-0.1, -0.05) is 11.6 Å². The number of rotatable bonds is 4. The van der Waals surface area contributed by atoms with Crippen molar-refractivity contribution in [3.63, 3.8) is 0 Å². The Morgan fingerprint density at radius 3 is 2.62 bits per heavy atom. The minimum absolute atomic E-state index is 0.0194. The smallest absolute Gasteiger partial charge is 0.410 e. The second-order valence-corrected chi connectivity index (χ2v) is 9.12. The van der Waals surface area contributed by atoms with E-state index in [0.717, 1.165) is 0 Å². The Balaban J connectivity index is 1.69. The van der Waals surface area contributed by atoms with Gasteiger partial charge in [0.2, 0.25) is 0 Å². The molecule has 0 bridgehead atoms. The van der Waals surface area contributed by atoms with Crippen LogP contribution < -0.4 is 5.32 Å². The molecule has 0 spiro atoms. The van der Waals surface area contributed by atoms with Crippen LogP contribution in [-0.4, -0.2) is 57.7 Å². The van der Waals surface area contributed by atoms with E-state index in [4.69, 9.17) is 16.3 Å². The van der Waals surface area contributed by atoms with E-state index >= 15 is 4.39 Å². The molecule has 0 radical (unpaired) electrons. The molecule has 1 aromatic carbocycles. The lowest BCUT2D eigenvalue weighted by molar-refractivity contribution is -0.382. The first-order valence-electron chi connectivity index (χ1n) is 10.1. The molecule has 1 aliphatic heterocycles. The normalized spacial score (nSPS) is 16.0. The number of likely N-dealkylation sites (tertiary alicyclic amines) is 1. The zero-order valence-electron chi connectivity index (χ0n) is 18.0. The number of nitro benzene ring substituents is 1. The first-order valence-corrected chi connectivity index (χ1v) is 10.4. The highest BCUT2D eigenvalue weighted by atomic mass is 35.5. The summed E-state index contributed by atoms with van der Waals surface area (Å²) in [4.78, 5) is 41.2. The van der Waals surface area contributed by atoms with Crippen LogP contribution in [0.1, 0.15) is 44.0 Å². The van der Waals surface area contributed by atoms with Crippen LogP contribution in [0.4, 0.5) is 14.9 Å². The minimum Gasteiger partial charge on any atom is -0.444 e. The highest BCUT2D eigenvalue weighted by Crippen LogP contribution is 2.35. The Morgan fingerprint density at radius 2 is 2.03 bits per heavy atom. The van der Waals surface area contributed by atoms with E-state index in [1.54, 1.807) is 20.8 Å². The Kier molecular flexibility index (Phi) is 6.54. The number of amides is 2. The zero-order valence-corrected chi connectivity index (χ0v) is 18.7. The summed E-state index contributed by atoms with van der Waals surface area (Å²) in [7, 11) is 0. The number of halogens is 2. The van der Waals surface area contributed by atoms with Crippen LogP contribution in [-0.2, 0) is 4.74 Å². The third-order valence-electron chi connectivity index (χ3n) is 5.12. The number of hydrogen-bond acceptors (Lipinski definition) is 6. The first kappa shape index (κ1) is 23.6. The van der Waals surface area contributed by atoms with E-state index in [0.29, 0.717) is 0 Å². The number of pyridine rings is 1. The zero-order chi connectivity index (χ0) is 23.7. The fraction of sp³-hybridized carbons (Fsp3) is 0.476. The third-order valence-corrected chi connectivity index (χ3v) is 5.41. The van der Waals surface area contributed by atoms with Crippen molar-refractivity contribution in [1.82, 2.24) is 15.2 Å². The predicted octanol–water partition coefficient (Wildman–Crippen LogP) is 4.27. The Morgan fingerprint density at radius 1 is 1.38 bits per heavy atom. The summed E-state index contributed by atoms with van der Waals surface area (Å²) in [6.07, 6.45) is 0.973. The molecule has 0 saturated carbocycles. The number of alkyl halides is 1. The SMILES string of the molecule is CC(C)(C)OC(=O)N1CCC(F)(CNC(=O)c2cc(Cl)c([N+](=O)[O-])c3cccnc23)CC1. The van der Waals surface area contributed by atoms with E-state index < -0.39 is 28.2 Å². The number of ether oxygens (including phenoxy) is 1. The Bertz CT molecular complexity index is 1060. The molecule has 3 rings (SSSR count). The van der Waals surface area contributed by atoms with Crippen molar-refractivity contribution in [3.05, 3.63) is 45.1 Å². The van der Waals surface area contributed by atoms with Crippen LogP contribution in [0, 0.1) is 10.1 Å². The summed E-state index contributed by atoms with van der Waals surface area (Å²) in [5, 5.41) is 13.8. The second kappa shape index (κ2) is 8.85. The van der Waals surface area contributed by atoms with Crippen LogP contribution in [0.25, 0.3) is 10.9 Å². The molecule has 9 nitrogen and oxygen atoms in total. The predicted molar refractivity (Wildman–Crippen MR) is 117 cm³/mol. The summed E-state index contributed by atoms with van der Waals surface area (Å²) in [6.45, 7) is 5.31. The van der Waals surface area contributed by atoms with Crippen molar-refractivity contribution < 1.29 is 23.6 Å². The standard InChI is InChI=1S/C21H24ClFN4O5/c1-20(2,3)32-19(29)26-9-6-21(23,7-10-26)12-25-18(28)14-11-15(22)17(27(30)31)13-5-4-8-24-16(13)14/h4-5,8,11H,6-7,9-10,12H2,1-3H3,(H,25,28). The minimum atomic E-state index is -1.71. The molecule has 1 aliphatic rings. The third kappa shape index (κ3) is 5.24. The lowest BCUT2D eigenvalue weighted by Crippen LogP contribution is -2.50. The quantitative estimate of drug-likeness (QED) is 0.531. The number of nitrogens with one attached hydrogen (secondary N) is 1. The molecule has 0 atom stereocenters. The lowest BCUT2D eigenvalue weighted by Gasteiger charge is -2.37. The molecular weight excluding hydrogens is 443 g/mol. The average molecular weight is 467 g/mol. The van der Waals surface area contributed by atoms with Crippen molar-refractivity contribution >= 4 is 40.2 Å². The van der Waals surface area contributed by atoms with Gasteiger partial charge in [-0.3, -0.25) is 19.9 Å². The number of hydrogen-bond donors (Lipinski definition) is 1. The van der Waals surface area contributed by atoms with Crippen LogP contribution in [0.5, 0.6) is 0 Å². The molecule has 1 fully saturated rings. The van der Waals surface area contributed by atoms with Gasteiger partial charge in [0.1, 0.15) is 16.3 Å². The maximum atomic E-state index is 15.3. The van der Waals surface area contributed by atoms with E-state index in [2.05, 4.69) is 10.3 Å². The van der Waals surface area contributed by atoms with Crippen molar-refractivity contribution in [2.75, 3.05) is 19.6 Å². The summed E-state index contributed by atoms with van der Waals surface area (Å²) in [5.41, 5.74) is -2.57. The topological polar surface area (TPSA) is 115 Å². The Labute approximate surface area is 189 Å². The van der Waals surface area contributed by atoms with Gasteiger partial charge in [0.05, 0.1) is 27.9 Å². The highest BCUT2D eigenvalue weighted by Gasteiger charge is 2.37. The monoisotopic (exact) mass is 466 g/mol. The number of nitro groups is 1. The second-order valence-electron chi connectivity index (χ2n) is 8.71. The van der Waals surface area contributed by atoms with Crippen LogP contribution >= 0.6 is 11.6 Å². The molecule has 2 aromatic rings. The Hall–Kier alpha value is -3.01. The molecule has 0 aliphatic carbocycles. The van der Waals surface area contributed by atoms with Crippen LogP contribution in [0.3, 0.4) is 0 Å². The van der Waals surface area contributed by atoms with Crippen molar-refractivity contribution in [3.8, 4) is 0 Å². The molecule has 0 unspecified atom stereocenters. The molecule has 1 N–H and O–H groups in total. The van der Waals surface area contributed by atoms with Gasteiger partial charge in [0, 0.05) is 32.1 Å². The van der Waals surface area contributed by atoms with Gasteiger partial charge in [-0.05, 0) is 39.0 Å². The largest absolute Gasteiger partial charge is 0.444 e. The number of carbonyl (C=O) groups is 2. The maximum Gasteiger partial charge on any atom is 0.410 e. The fourth-order valence-corrected chi connectivity index (χ4v) is 3.77. The van der Waals surface area contributed by atoms with Crippen molar-refractivity contribution in [1.29, 1.82) is 0 Å². The maximum absolute atomic E-state index is 15.3. The summed E-state index contributed by atoms with van der Waals surface area (Å²) < 4.78 is 20.6. The number of aromatic nitrogens is 1. The number of fused-ring (bicyclic) bond motifs is 1. The molecule has 32 heavy (non-hydrogen) atoms. The van der Waals surface area contributed by atoms with Gasteiger partial charge in [-0.25, -0.2) is 9.18 Å². The van der Waals surface area contributed by atoms with E-state index in [-0.39, 0.29) is 59.7 Å². The van der Waals surface area contributed by atoms with Gasteiger partial charge in [0.25, 0.3) is 11.6 Å². The van der Waals surface area contributed by atoms with E-state index in [9.17, 15) is 19.7 Å². The first-order chi connectivity index (χ1) is 14.9. The van der Waals surface area contributed by atoms with Crippen molar-refractivity contribution in [2.45, 2.75) is 44.9 Å². The summed E-state index contributed by atoms with van der Waals surface area (Å²) in [6, 6.07) is 4.12. The van der Waals surface area contributed by atoms with Crippen LogP contribution in [0.15, 0.2) is 24.4 Å². The highest BCUT2D eigenvalue weighted by molar-refractivity contribution is 6.35. The number of piperidine rings is 1. The van der Waals surface area contributed by atoms with Gasteiger partial charge in [-0.15, -0.1) is 0 Å². The molecular formula is C21H24ClFN4O5. The summed E-state index contributed by atoms with van der Waals surface area (Å²) in [5.74, 6) is -0.642. The molecule has 2 amide bonds. The van der Waals surface area contributed by atoms with Gasteiger partial charge >= 0.3 is 6.09 Å². The fourth-order valence-electron chi connectivity index (χ4n) is 3.49. The van der Waals surface area contributed by atoms with Gasteiger partial charge in [0.15, 0.2) is 0 Å². The van der Waals surface area contributed by atoms with Gasteiger partial charge < -0.3 is 15.0 Å². The molecule has 2 heterocycles. The van der Waals surface area contributed by atoms with E-state index in [1.165, 1.54) is 29.3 Å². The molecule has 1 saturated heterocycles. The van der Waals surface area contributed by atoms with Gasteiger partial charge in [-0.2, -0.15) is 0 Å². The average Bonchev–Trinajstić information content (AvgIpc) is 2.70. The molecule has 11 heteroatoms. The van der Waals surface area contributed by atoms with Crippen molar-refractivity contribution in [2.24, 2.45) is 0 Å². The van der Waals surface area contributed by atoms with Crippen LogP contribution in [0.2, 0.25) is 5.02 Å². The van der Waals surface area contributed by atoms with E-state index in [1.807, 2.05) is 0 Å².